The number of nitrogens with one attached hydrogen (secondary N) is 2. The Morgan fingerprint density at radius 2 is 1.79 bits per heavy atom. The highest BCUT2D eigenvalue weighted by Crippen LogP contribution is 2.25. The fourth-order valence-electron chi connectivity index (χ4n) is 2.16. The molecule has 3 amide bonds. The summed E-state index contributed by atoms with van der Waals surface area (Å²) in [6.45, 7) is 0.287. The molecule has 0 saturated carbocycles. The van der Waals surface area contributed by atoms with Crippen molar-refractivity contribution in [3.63, 3.8) is 0 Å². The maximum Gasteiger partial charge on any atom is 0.326 e. The summed E-state index contributed by atoms with van der Waals surface area (Å²) in [5, 5.41) is 5.53. The van der Waals surface area contributed by atoms with Crippen LogP contribution in [-0.4, -0.2) is 11.9 Å². The van der Waals surface area contributed by atoms with Crippen LogP contribution in [0.1, 0.15) is 11.1 Å². The molecule has 1 saturated heterocycles. The molecule has 3 rings (SSSR count). The lowest BCUT2D eigenvalue weighted by Gasteiger charge is -2.10. The van der Waals surface area contributed by atoms with E-state index in [-0.39, 0.29) is 12.3 Å². The van der Waals surface area contributed by atoms with Crippen LogP contribution in [0.3, 0.4) is 0 Å². The summed E-state index contributed by atoms with van der Waals surface area (Å²) < 4.78 is 5.80. The number of hydrogen-bond donors (Lipinski definition) is 2. The van der Waals surface area contributed by atoms with Crippen molar-refractivity contribution in [2.75, 3.05) is 0 Å². The van der Waals surface area contributed by atoms with Gasteiger partial charge in [0.2, 0.25) is 0 Å². The summed E-state index contributed by atoms with van der Waals surface area (Å²) in [6.07, 6.45) is 1.56. The number of para-hydroxylation sites is 1. The molecule has 1 heterocycles. The number of ether oxygens (including phenoxy) is 1. The van der Waals surface area contributed by atoms with Crippen LogP contribution >= 0.6 is 23.2 Å². The third-order valence-electron chi connectivity index (χ3n) is 3.32. The number of halogens is 2. The summed E-state index contributed by atoms with van der Waals surface area (Å²) >= 11 is 11.9. The molecule has 7 heteroatoms. The molecule has 2 aromatic carbocycles. The molecule has 0 aliphatic carbocycles. The molecule has 0 aromatic heterocycles. The lowest BCUT2D eigenvalue weighted by Crippen LogP contribution is -2.22. The van der Waals surface area contributed by atoms with E-state index in [1.807, 2.05) is 18.2 Å². The molecular formula is C17H12Cl2N2O3. The van der Waals surface area contributed by atoms with Gasteiger partial charge < -0.3 is 10.1 Å². The third-order valence-corrected chi connectivity index (χ3v) is 4.06. The first kappa shape index (κ1) is 16.4. The maximum atomic E-state index is 11.6. The number of carbonyl (C=O) groups excluding carboxylic acids is 2. The minimum atomic E-state index is -0.541. The van der Waals surface area contributed by atoms with E-state index in [4.69, 9.17) is 27.9 Å². The molecular weight excluding hydrogens is 351 g/mol. The van der Waals surface area contributed by atoms with Crippen LogP contribution in [0.5, 0.6) is 5.75 Å². The molecule has 0 bridgehead atoms. The second-order valence-corrected chi connectivity index (χ2v) is 5.86. The monoisotopic (exact) mass is 362 g/mol. The Labute approximate surface area is 148 Å². The molecule has 5 nitrogen and oxygen atoms in total. The molecule has 24 heavy (non-hydrogen) atoms. The van der Waals surface area contributed by atoms with E-state index in [0.717, 1.165) is 5.56 Å². The van der Waals surface area contributed by atoms with E-state index in [2.05, 4.69) is 10.6 Å². The highest BCUT2D eigenvalue weighted by molar-refractivity contribution is 6.42. The third kappa shape index (κ3) is 3.69. The molecule has 0 radical (unpaired) electrons. The van der Waals surface area contributed by atoms with Crippen LogP contribution in [0.15, 0.2) is 48.2 Å². The van der Waals surface area contributed by atoms with Crippen LogP contribution in [0.25, 0.3) is 6.08 Å². The average Bonchev–Trinajstić information content (AvgIpc) is 2.87. The van der Waals surface area contributed by atoms with Gasteiger partial charge in [-0.15, -0.1) is 0 Å². The second-order valence-electron chi connectivity index (χ2n) is 5.04. The Morgan fingerprint density at radius 1 is 1.00 bits per heavy atom. The number of imide groups is 1. The van der Waals surface area contributed by atoms with Crippen molar-refractivity contribution >= 4 is 41.2 Å². The van der Waals surface area contributed by atoms with Gasteiger partial charge in [0.15, 0.2) is 0 Å². The molecule has 2 N–H and O–H groups in total. The number of amides is 3. The fourth-order valence-corrected chi connectivity index (χ4v) is 2.48. The summed E-state index contributed by atoms with van der Waals surface area (Å²) in [4.78, 5) is 22.8. The first-order valence-corrected chi connectivity index (χ1v) is 7.78. The number of rotatable bonds is 4. The molecule has 1 aliphatic heterocycles. The number of carbonyl (C=O) groups is 2. The number of urea groups is 1. The van der Waals surface area contributed by atoms with Gasteiger partial charge in [0.05, 0.1) is 10.0 Å². The first-order valence-electron chi connectivity index (χ1n) is 7.03. The Bertz CT molecular complexity index is 849. The highest BCUT2D eigenvalue weighted by Gasteiger charge is 2.23. The van der Waals surface area contributed by atoms with Crippen LogP contribution in [0.4, 0.5) is 4.79 Å². The lowest BCUT2D eigenvalue weighted by molar-refractivity contribution is -0.115. The molecule has 1 aliphatic rings. The van der Waals surface area contributed by atoms with Crippen molar-refractivity contribution in [3.8, 4) is 5.75 Å². The van der Waals surface area contributed by atoms with E-state index < -0.39 is 11.9 Å². The van der Waals surface area contributed by atoms with Crippen molar-refractivity contribution in [1.82, 2.24) is 10.6 Å². The van der Waals surface area contributed by atoms with Gasteiger partial charge in [-0.3, -0.25) is 10.1 Å². The second kappa shape index (κ2) is 6.95. The number of benzene rings is 2. The molecule has 0 unspecified atom stereocenters. The Morgan fingerprint density at radius 3 is 2.50 bits per heavy atom. The average molecular weight is 363 g/mol. The summed E-state index contributed by atoms with van der Waals surface area (Å²) in [7, 11) is 0. The minimum absolute atomic E-state index is 0.172. The van der Waals surface area contributed by atoms with Crippen molar-refractivity contribution in [2.45, 2.75) is 6.61 Å². The summed E-state index contributed by atoms with van der Waals surface area (Å²) in [5.41, 5.74) is 1.70. The Hall–Kier alpha value is -2.50. The van der Waals surface area contributed by atoms with E-state index in [1.165, 1.54) is 0 Å². The highest BCUT2D eigenvalue weighted by atomic mass is 35.5. The zero-order valence-corrected chi connectivity index (χ0v) is 13.8. The van der Waals surface area contributed by atoms with Gasteiger partial charge in [-0.2, -0.15) is 0 Å². The van der Waals surface area contributed by atoms with Gasteiger partial charge in [0.25, 0.3) is 5.91 Å². The van der Waals surface area contributed by atoms with Crippen LogP contribution < -0.4 is 15.4 Å². The summed E-state index contributed by atoms with van der Waals surface area (Å²) in [6, 6.07) is 11.9. The quantitative estimate of drug-likeness (QED) is 0.642. The van der Waals surface area contributed by atoms with Gasteiger partial charge in [0.1, 0.15) is 18.1 Å². The smallest absolute Gasteiger partial charge is 0.326 e. The molecule has 122 valence electrons. The summed E-state index contributed by atoms with van der Waals surface area (Å²) in [5.74, 6) is 0.101. The van der Waals surface area contributed by atoms with Crippen LogP contribution in [0.2, 0.25) is 10.0 Å². The van der Waals surface area contributed by atoms with Crippen molar-refractivity contribution in [3.05, 3.63) is 69.3 Å². The predicted octanol–water partition coefficient (Wildman–Crippen LogP) is 3.75. The topological polar surface area (TPSA) is 67.4 Å². The van der Waals surface area contributed by atoms with E-state index in [1.54, 1.807) is 30.3 Å². The van der Waals surface area contributed by atoms with Crippen LogP contribution in [0, 0.1) is 0 Å². The Kier molecular flexibility index (Phi) is 4.74. The molecule has 0 atom stereocenters. The SMILES string of the molecule is O=C1NC(=O)/C(=C\c2ccccc2OCc2ccc(Cl)c(Cl)c2)N1. The van der Waals surface area contributed by atoms with Crippen molar-refractivity contribution in [2.24, 2.45) is 0 Å². The van der Waals surface area contributed by atoms with E-state index >= 15 is 0 Å². The van der Waals surface area contributed by atoms with E-state index in [0.29, 0.717) is 21.4 Å². The van der Waals surface area contributed by atoms with Crippen molar-refractivity contribution in [1.29, 1.82) is 0 Å². The maximum absolute atomic E-state index is 11.6. The fraction of sp³-hybridized carbons (Fsp3) is 0.0588. The molecule has 1 fully saturated rings. The zero-order valence-electron chi connectivity index (χ0n) is 12.3. The van der Waals surface area contributed by atoms with Gasteiger partial charge in [-0.05, 0) is 29.8 Å². The largest absolute Gasteiger partial charge is 0.488 e. The van der Waals surface area contributed by atoms with Gasteiger partial charge in [-0.25, -0.2) is 4.79 Å². The van der Waals surface area contributed by atoms with E-state index in [9.17, 15) is 9.59 Å². The first-order chi connectivity index (χ1) is 11.5. The zero-order chi connectivity index (χ0) is 17.1. The molecule has 0 spiro atoms. The molecule has 2 aromatic rings. The van der Waals surface area contributed by atoms with Gasteiger partial charge in [0, 0.05) is 5.56 Å². The normalized spacial score (nSPS) is 15.3. The van der Waals surface area contributed by atoms with Crippen molar-refractivity contribution < 1.29 is 14.3 Å². The Balaban J connectivity index is 1.79. The standard InChI is InChI=1S/C17H12Cl2N2O3/c18-12-6-5-10(7-13(12)19)9-24-15-4-2-1-3-11(15)8-14-16(22)21-17(23)20-14/h1-8H,9H2,(H2,20,21,22,23)/b14-8+. The predicted molar refractivity (Wildman–Crippen MR) is 91.9 cm³/mol. The van der Waals surface area contributed by atoms with Crippen LogP contribution in [-0.2, 0) is 11.4 Å². The van der Waals surface area contributed by atoms with Gasteiger partial charge >= 0.3 is 6.03 Å². The van der Waals surface area contributed by atoms with Gasteiger partial charge in [-0.1, -0.05) is 47.5 Å². The minimum Gasteiger partial charge on any atom is -0.488 e. The lowest BCUT2D eigenvalue weighted by atomic mass is 10.1. The number of hydrogen-bond acceptors (Lipinski definition) is 3.